The van der Waals surface area contributed by atoms with Gasteiger partial charge in [-0.05, 0) is 44.0 Å². The minimum atomic E-state index is -1.11. The lowest BCUT2D eigenvalue weighted by molar-refractivity contribution is -0.176. The molecule has 1 aliphatic carbocycles. The van der Waals surface area contributed by atoms with Gasteiger partial charge < -0.3 is 10.1 Å². The molecule has 132 valence electrons. The number of fused-ring (bicyclic) bond motifs is 1. The van der Waals surface area contributed by atoms with E-state index in [1.807, 2.05) is 18.2 Å². The van der Waals surface area contributed by atoms with E-state index in [2.05, 4.69) is 21.2 Å². The molecule has 0 bridgehead atoms. The molecule has 1 aromatic rings. The molecule has 2 rings (SSSR count). The molecule has 0 aliphatic heterocycles. The van der Waals surface area contributed by atoms with Crippen molar-refractivity contribution in [3.8, 4) is 0 Å². The Morgan fingerprint density at radius 3 is 2.46 bits per heavy atom. The summed E-state index contributed by atoms with van der Waals surface area (Å²) in [6, 6.07) is 5.85. The SMILES string of the molecule is CON(C)C(=O)C1(NC(=O)OC(C)(C)C)Cc2ccc(Br)cc2C1. The van der Waals surface area contributed by atoms with Crippen molar-refractivity contribution in [3.63, 3.8) is 0 Å². The van der Waals surface area contributed by atoms with Crippen LogP contribution in [0.25, 0.3) is 0 Å². The summed E-state index contributed by atoms with van der Waals surface area (Å²) in [5.74, 6) is -0.316. The molecule has 24 heavy (non-hydrogen) atoms. The number of nitrogens with zero attached hydrogens (tertiary/aromatic N) is 1. The molecule has 2 amide bonds. The molecule has 0 spiro atoms. The number of nitrogens with one attached hydrogen (secondary N) is 1. The largest absolute Gasteiger partial charge is 0.444 e. The highest BCUT2D eigenvalue weighted by molar-refractivity contribution is 9.10. The fourth-order valence-electron chi connectivity index (χ4n) is 2.82. The van der Waals surface area contributed by atoms with Gasteiger partial charge in [0.05, 0.1) is 7.11 Å². The lowest BCUT2D eigenvalue weighted by Crippen LogP contribution is -2.60. The van der Waals surface area contributed by atoms with Gasteiger partial charge in [0, 0.05) is 24.4 Å². The van der Waals surface area contributed by atoms with Crippen LogP contribution in [0.2, 0.25) is 0 Å². The van der Waals surface area contributed by atoms with Crippen molar-refractivity contribution in [2.45, 2.75) is 44.8 Å². The van der Waals surface area contributed by atoms with Crippen molar-refractivity contribution >= 4 is 27.9 Å². The van der Waals surface area contributed by atoms with Crippen LogP contribution >= 0.6 is 15.9 Å². The number of alkyl carbamates (subject to hydrolysis) is 1. The van der Waals surface area contributed by atoms with Crippen LogP contribution < -0.4 is 5.32 Å². The van der Waals surface area contributed by atoms with Gasteiger partial charge in [0.2, 0.25) is 0 Å². The van der Waals surface area contributed by atoms with Gasteiger partial charge >= 0.3 is 6.09 Å². The quantitative estimate of drug-likeness (QED) is 0.794. The smallest absolute Gasteiger partial charge is 0.408 e. The topological polar surface area (TPSA) is 67.9 Å². The Hall–Kier alpha value is -1.60. The van der Waals surface area contributed by atoms with Crippen LogP contribution in [0.5, 0.6) is 0 Å². The number of hydrogen-bond acceptors (Lipinski definition) is 4. The number of carbonyl (C=O) groups is 2. The molecule has 0 radical (unpaired) electrons. The Balaban J connectivity index is 2.31. The Labute approximate surface area is 150 Å². The number of hydrogen-bond donors (Lipinski definition) is 1. The molecular weight excluding hydrogens is 376 g/mol. The molecule has 1 aromatic carbocycles. The van der Waals surface area contributed by atoms with Crippen LogP contribution in [-0.4, -0.2) is 42.4 Å². The summed E-state index contributed by atoms with van der Waals surface area (Å²) in [6.07, 6.45) is 0.154. The van der Waals surface area contributed by atoms with Gasteiger partial charge in [0.25, 0.3) is 5.91 Å². The summed E-state index contributed by atoms with van der Waals surface area (Å²) < 4.78 is 6.27. The predicted molar refractivity (Wildman–Crippen MR) is 93.4 cm³/mol. The predicted octanol–water partition coefficient (Wildman–Crippen LogP) is 2.83. The molecule has 0 saturated heterocycles. The van der Waals surface area contributed by atoms with E-state index in [4.69, 9.17) is 9.57 Å². The number of likely N-dealkylation sites (N-methyl/N-ethyl adjacent to an activating group) is 1. The molecule has 1 unspecified atom stereocenters. The van der Waals surface area contributed by atoms with Crippen LogP contribution in [0, 0.1) is 0 Å². The number of rotatable bonds is 3. The Morgan fingerprint density at radius 1 is 1.25 bits per heavy atom. The molecule has 0 heterocycles. The van der Waals surface area contributed by atoms with Gasteiger partial charge in [0.1, 0.15) is 11.1 Å². The maximum Gasteiger partial charge on any atom is 0.408 e. The number of benzene rings is 1. The Kier molecular flexibility index (Phi) is 5.25. The summed E-state index contributed by atoms with van der Waals surface area (Å²) in [4.78, 5) is 30.2. The van der Waals surface area contributed by atoms with Crippen molar-refractivity contribution in [1.29, 1.82) is 0 Å². The van der Waals surface area contributed by atoms with Crippen LogP contribution in [0.1, 0.15) is 31.9 Å². The van der Waals surface area contributed by atoms with Gasteiger partial charge in [-0.3, -0.25) is 9.63 Å². The van der Waals surface area contributed by atoms with Crippen LogP contribution in [0.4, 0.5) is 4.79 Å². The zero-order valence-corrected chi connectivity index (χ0v) is 16.2. The lowest BCUT2D eigenvalue weighted by atomic mass is 9.94. The zero-order valence-electron chi connectivity index (χ0n) is 14.6. The van der Waals surface area contributed by atoms with Gasteiger partial charge in [-0.15, -0.1) is 0 Å². The van der Waals surface area contributed by atoms with E-state index in [0.717, 1.165) is 20.7 Å². The third kappa shape index (κ3) is 4.08. The second-order valence-electron chi connectivity index (χ2n) is 6.96. The normalized spacial score (nSPS) is 19.6. The first-order chi connectivity index (χ1) is 11.1. The molecule has 7 heteroatoms. The zero-order chi connectivity index (χ0) is 18.1. The van der Waals surface area contributed by atoms with Crippen molar-refractivity contribution in [2.24, 2.45) is 0 Å². The molecule has 0 aromatic heterocycles. The van der Waals surface area contributed by atoms with E-state index in [9.17, 15) is 9.59 Å². The summed E-state index contributed by atoms with van der Waals surface area (Å²) in [7, 11) is 2.94. The van der Waals surface area contributed by atoms with Gasteiger partial charge in [-0.25, -0.2) is 9.86 Å². The Morgan fingerprint density at radius 2 is 1.88 bits per heavy atom. The summed E-state index contributed by atoms with van der Waals surface area (Å²) in [6.45, 7) is 5.34. The van der Waals surface area contributed by atoms with E-state index in [1.54, 1.807) is 20.8 Å². The fourth-order valence-corrected chi connectivity index (χ4v) is 3.23. The monoisotopic (exact) mass is 398 g/mol. The van der Waals surface area contributed by atoms with Crippen molar-refractivity contribution in [2.75, 3.05) is 14.2 Å². The van der Waals surface area contributed by atoms with Crippen molar-refractivity contribution in [1.82, 2.24) is 10.4 Å². The summed E-state index contributed by atoms with van der Waals surface area (Å²) in [5.41, 5.74) is 0.275. The molecule has 0 fully saturated rings. The third-order valence-corrected chi connectivity index (χ3v) is 4.36. The highest BCUT2D eigenvalue weighted by Crippen LogP contribution is 2.33. The minimum absolute atomic E-state index is 0.316. The van der Waals surface area contributed by atoms with Gasteiger partial charge in [0.15, 0.2) is 0 Å². The van der Waals surface area contributed by atoms with Gasteiger partial charge in [-0.1, -0.05) is 22.0 Å². The van der Waals surface area contributed by atoms with Gasteiger partial charge in [-0.2, -0.15) is 0 Å². The molecule has 1 aliphatic rings. The van der Waals surface area contributed by atoms with E-state index >= 15 is 0 Å². The first kappa shape index (κ1) is 18.7. The van der Waals surface area contributed by atoms with E-state index in [-0.39, 0.29) is 5.91 Å². The third-order valence-electron chi connectivity index (χ3n) is 3.86. The lowest BCUT2D eigenvalue weighted by Gasteiger charge is -2.33. The standard InChI is InChI=1S/C17H23BrN2O4/c1-16(2,3)24-15(22)19-17(14(21)20(4)23-5)9-11-6-7-13(18)8-12(11)10-17/h6-8H,9-10H2,1-5H3,(H,19,22). The maximum atomic E-state index is 12.9. The average molecular weight is 399 g/mol. The van der Waals surface area contributed by atoms with E-state index in [0.29, 0.717) is 12.8 Å². The van der Waals surface area contributed by atoms with E-state index < -0.39 is 17.2 Å². The number of amides is 2. The number of halogens is 1. The van der Waals surface area contributed by atoms with E-state index in [1.165, 1.54) is 14.2 Å². The molecule has 1 atom stereocenters. The first-order valence-electron chi connectivity index (χ1n) is 7.67. The number of ether oxygens (including phenoxy) is 1. The second-order valence-corrected chi connectivity index (χ2v) is 7.88. The average Bonchev–Trinajstić information content (AvgIpc) is 2.81. The van der Waals surface area contributed by atoms with Crippen LogP contribution in [0.3, 0.4) is 0 Å². The summed E-state index contributed by atoms with van der Waals surface area (Å²) >= 11 is 3.44. The summed E-state index contributed by atoms with van der Waals surface area (Å²) in [5, 5.41) is 3.92. The number of hydroxylamine groups is 2. The van der Waals surface area contributed by atoms with Crippen molar-refractivity contribution in [3.05, 3.63) is 33.8 Å². The van der Waals surface area contributed by atoms with Crippen LogP contribution in [-0.2, 0) is 27.2 Å². The highest BCUT2D eigenvalue weighted by Gasteiger charge is 2.47. The van der Waals surface area contributed by atoms with Crippen molar-refractivity contribution < 1.29 is 19.2 Å². The molecule has 6 nitrogen and oxygen atoms in total. The maximum absolute atomic E-state index is 12.9. The highest BCUT2D eigenvalue weighted by atomic mass is 79.9. The molecule has 0 saturated carbocycles. The fraction of sp³-hybridized carbons (Fsp3) is 0.529. The molecular formula is C17H23BrN2O4. The first-order valence-corrected chi connectivity index (χ1v) is 8.46. The second kappa shape index (κ2) is 6.72. The Bertz CT molecular complexity index is 656. The molecule has 1 N–H and O–H groups in total. The van der Waals surface area contributed by atoms with Crippen LogP contribution in [0.15, 0.2) is 22.7 Å². The number of carbonyl (C=O) groups excluding carboxylic acids is 2. The minimum Gasteiger partial charge on any atom is -0.444 e.